The molecule has 5 nitrogen and oxygen atoms in total. The predicted molar refractivity (Wildman–Crippen MR) is 87.5 cm³/mol. The number of nitrogens with zero attached hydrogens (tertiary/aromatic N) is 2. The fourth-order valence-electron chi connectivity index (χ4n) is 2.96. The van der Waals surface area contributed by atoms with Crippen LogP contribution in [0.3, 0.4) is 0 Å². The molecule has 0 amide bonds. The normalized spacial score (nSPS) is 18.3. The summed E-state index contributed by atoms with van der Waals surface area (Å²) < 4.78 is 0. The average Bonchev–Trinajstić information content (AvgIpc) is 2.54. The van der Waals surface area contributed by atoms with E-state index in [1.165, 1.54) is 25.5 Å². The Bertz CT molecular complexity index is 621. The molecule has 0 saturated carbocycles. The quantitative estimate of drug-likeness (QED) is 0.807. The fourth-order valence-corrected chi connectivity index (χ4v) is 2.96. The van der Waals surface area contributed by atoms with Crippen molar-refractivity contribution in [2.24, 2.45) is 0 Å². The van der Waals surface area contributed by atoms with Crippen molar-refractivity contribution in [2.45, 2.75) is 38.1 Å². The molecule has 2 heterocycles. The smallest absolute Gasteiger partial charge is 0.141 e. The predicted octanol–water partition coefficient (Wildman–Crippen LogP) is 2.51. The standard InChI is InChI=1S/C17H22N4O/c18-17-11-20-16(10-21-17)13-7-12(8-15(22)9-13)4-5-14-3-1-2-6-19-14/h7-11,14,19,22H,1-6H2,(H2,18,21)/t14-/m1/s1. The number of aromatic hydroxyl groups is 1. The number of nitrogens with one attached hydrogen (secondary N) is 1. The largest absolute Gasteiger partial charge is 0.508 e. The van der Waals surface area contributed by atoms with Crippen LogP contribution in [0.1, 0.15) is 31.2 Å². The summed E-state index contributed by atoms with van der Waals surface area (Å²) in [6.45, 7) is 1.12. The lowest BCUT2D eigenvalue weighted by Gasteiger charge is -2.23. The first kappa shape index (κ1) is 14.8. The first-order valence-corrected chi connectivity index (χ1v) is 7.85. The van der Waals surface area contributed by atoms with E-state index >= 15 is 0 Å². The number of hydrogen-bond acceptors (Lipinski definition) is 5. The molecule has 1 aromatic heterocycles. The van der Waals surface area contributed by atoms with Crippen molar-refractivity contribution in [3.63, 3.8) is 0 Å². The van der Waals surface area contributed by atoms with E-state index < -0.39 is 0 Å². The summed E-state index contributed by atoms with van der Waals surface area (Å²) >= 11 is 0. The van der Waals surface area contributed by atoms with Gasteiger partial charge in [-0.3, -0.25) is 4.98 Å². The highest BCUT2D eigenvalue weighted by atomic mass is 16.3. The van der Waals surface area contributed by atoms with Crippen molar-refractivity contribution < 1.29 is 5.11 Å². The van der Waals surface area contributed by atoms with Crippen molar-refractivity contribution in [1.29, 1.82) is 0 Å². The number of aryl methyl sites for hydroxylation is 1. The van der Waals surface area contributed by atoms with Crippen molar-refractivity contribution in [2.75, 3.05) is 12.3 Å². The molecule has 2 aromatic rings. The van der Waals surface area contributed by atoms with Crippen molar-refractivity contribution in [1.82, 2.24) is 15.3 Å². The summed E-state index contributed by atoms with van der Waals surface area (Å²) in [6.07, 6.45) is 9.04. The van der Waals surface area contributed by atoms with Crippen molar-refractivity contribution in [3.05, 3.63) is 36.2 Å². The highest BCUT2D eigenvalue weighted by Gasteiger charge is 2.13. The molecule has 0 unspecified atom stereocenters. The second-order valence-corrected chi connectivity index (χ2v) is 5.90. The summed E-state index contributed by atoms with van der Waals surface area (Å²) in [5, 5.41) is 13.5. The van der Waals surface area contributed by atoms with Crippen LogP contribution in [0.25, 0.3) is 11.3 Å². The molecule has 1 fully saturated rings. The topological polar surface area (TPSA) is 84.1 Å². The first-order valence-electron chi connectivity index (χ1n) is 7.85. The molecule has 22 heavy (non-hydrogen) atoms. The molecule has 5 heteroatoms. The molecule has 0 aliphatic carbocycles. The van der Waals surface area contributed by atoms with Crippen LogP contribution in [0, 0.1) is 0 Å². The number of benzene rings is 1. The number of piperidine rings is 1. The summed E-state index contributed by atoms with van der Waals surface area (Å²) in [7, 11) is 0. The van der Waals surface area contributed by atoms with E-state index in [0.29, 0.717) is 11.9 Å². The number of phenolic OH excluding ortho intramolecular Hbond substituents is 1. The Morgan fingerprint density at radius 1 is 1.18 bits per heavy atom. The van der Waals surface area contributed by atoms with Gasteiger partial charge in [-0.2, -0.15) is 0 Å². The van der Waals surface area contributed by atoms with Gasteiger partial charge in [0.25, 0.3) is 0 Å². The summed E-state index contributed by atoms with van der Waals surface area (Å²) in [4.78, 5) is 8.33. The minimum absolute atomic E-state index is 0.266. The molecule has 0 bridgehead atoms. The third-order valence-electron chi connectivity index (χ3n) is 4.14. The molecule has 1 aliphatic rings. The number of nitrogens with two attached hydrogens (primary N) is 1. The van der Waals surface area contributed by atoms with Gasteiger partial charge in [-0.05, 0) is 56.0 Å². The van der Waals surface area contributed by atoms with Crippen LogP contribution < -0.4 is 11.1 Å². The van der Waals surface area contributed by atoms with E-state index in [2.05, 4.69) is 21.4 Å². The third-order valence-corrected chi connectivity index (χ3v) is 4.14. The number of anilines is 1. The Morgan fingerprint density at radius 2 is 2.09 bits per heavy atom. The zero-order chi connectivity index (χ0) is 15.4. The number of aromatic nitrogens is 2. The summed E-state index contributed by atoms with van der Waals surface area (Å²) in [6, 6.07) is 6.21. The molecule has 1 atom stereocenters. The number of rotatable bonds is 4. The molecular formula is C17H22N4O. The van der Waals surface area contributed by atoms with E-state index in [1.807, 2.05) is 6.07 Å². The lowest BCUT2D eigenvalue weighted by Crippen LogP contribution is -2.34. The Balaban J connectivity index is 1.73. The minimum atomic E-state index is 0.266. The highest BCUT2D eigenvalue weighted by Crippen LogP contribution is 2.25. The number of phenols is 1. The Labute approximate surface area is 130 Å². The van der Waals surface area contributed by atoms with Crippen LogP contribution >= 0.6 is 0 Å². The van der Waals surface area contributed by atoms with Gasteiger partial charge in [0, 0.05) is 11.6 Å². The lowest BCUT2D eigenvalue weighted by molar-refractivity contribution is 0.382. The van der Waals surface area contributed by atoms with E-state index in [-0.39, 0.29) is 5.75 Å². The molecule has 0 radical (unpaired) electrons. The second kappa shape index (κ2) is 6.75. The van der Waals surface area contributed by atoms with Gasteiger partial charge >= 0.3 is 0 Å². The second-order valence-electron chi connectivity index (χ2n) is 5.90. The summed E-state index contributed by atoms with van der Waals surface area (Å²) in [5.41, 5.74) is 8.29. The van der Waals surface area contributed by atoms with Crippen molar-refractivity contribution >= 4 is 5.82 Å². The molecule has 1 saturated heterocycles. The zero-order valence-corrected chi connectivity index (χ0v) is 12.6. The maximum Gasteiger partial charge on any atom is 0.141 e. The van der Waals surface area contributed by atoms with Crippen LogP contribution in [0.5, 0.6) is 5.75 Å². The van der Waals surface area contributed by atoms with Gasteiger partial charge < -0.3 is 16.2 Å². The first-order chi connectivity index (χ1) is 10.7. The van der Waals surface area contributed by atoms with Gasteiger partial charge in [0.1, 0.15) is 11.6 Å². The average molecular weight is 298 g/mol. The SMILES string of the molecule is Nc1cnc(-c2cc(O)cc(CC[C@H]3CCCCN3)c2)cn1. The Morgan fingerprint density at radius 3 is 2.82 bits per heavy atom. The summed E-state index contributed by atoms with van der Waals surface area (Å²) in [5.74, 6) is 0.662. The van der Waals surface area contributed by atoms with Crippen LogP contribution in [-0.4, -0.2) is 27.7 Å². The van der Waals surface area contributed by atoms with E-state index in [1.54, 1.807) is 12.3 Å². The van der Waals surface area contributed by atoms with Gasteiger partial charge in [0.05, 0.1) is 18.1 Å². The van der Waals surface area contributed by atoms with E-state index in [4.69, 9.17) is 5.73 Å². The molecular weight excluding hydrogens is 276 g/mol. The molecule has 1 aliphatic heterocycles. The molecule has 4 N–H and O–H groups in total. The van der Waals surface area contributed by atoms with Gasteiger partial charge in [0.2, 0.25) is 0 Å². The van der Waals surface area contributed by atoms with Crippen LogP contribution in [-0.2, 0) is 6.42 Å². The molecule has 0 spiro atoms. The Hall–Kier alpha value is -2.14. The van der Waals surface area contributed by atoms with Gasteiger partial charge in [-0.25, -0.2) is 4.98 Å². The number of hydrogen-bond donors (Lipinski definition) is 3. The highest BCUT2D eigenvalue weighted by molar-refractivity contribution is 5.62. The minimum Gasteiger partial charge on any atom is -0.508 e. The van der Waals surface area contributed by atoms with E-state index in [9.17, 15) is 5.11 Å². The monoisotopic (exact) mass is 298 g/mol. The molecule has 3 rings (SSSR count). The third kappa shape index (κ3) is 3.74. The lowest BCUT2D eigenvalue weighted by atomic mass is 9.97. The van der Waals surface area contributed by atoms with Crippen LogP contribution in [0.2, 0.25) is 0 Å². The van der Waals surface area contributed by atoms with Gasteiger partial charge in [0.15, 0.2) is 0 Å². The van der Waals surface area contributed by atoms with Crippen LogP contribution in [0.15, 0.2) is 30.6 Å². The maximum absolute atomic E-state index is 9.96. The molecule has 1 aromatic carbocycles. The zero-order valence-electron chi connectivity index (χ0n) is 12.6. The maximum atomic E-state index is 9.96. The Kier molecular flexibility index (Phi) is 4.53. The van der Waals surface area contributed by atoms with Crippen molar-refractivity contribution in [3.8, 4) is 17.0 Å². The number of nitrogen functional groups attached to an aromatic ring is 1. The van der Waals surface area contributed by atoms with Crippen LogP contribution in [0.4, 0.5) is 5.82 Å². The fraction of sp³-hybridized carbons (Fsp3) is 0.412. The van der Waals surface area contributed by atoms with Gasteiger partial charge in [-0.15, -0.1) is 0 Å². The van der Waals surface area contributed by atoms with Gasteiger partial charge in [-0.1, -0.05) is 6.42 Å². The molecule has 116 valence electrons. The van der Waals surface area contributed by atoms with E-state index in [0.717, 1.165) is 36.2 Å².